The Kier molecular flexibility index (Phi) is 3.40. The van der Waals surface area contributed by atoms with E-state index in [-0.39, 0.29) is 18.8 Å². The molecule has 1 amide bonds. The molecule has 20 heavy (non-hydrogen) atoms. The molecule has 1 aliphatic carbocycles. The highest BCUT2D eigenvalue weighted by Gasteiger charge is 2.27. The lowest BCUT2D eigenvalue weighted by Gasteiger charge is -2.13. The highest BCUT2D eigenvalue weighted by Crippen LogP contribution is 2.29. The molecule has 0 radical (unpaired) electrons. The summed E-state index contributed by atoms with van der Waals surface area (Å²) in [6.07, 6.45) is 3.68. The van der Waals surface area contributed by atoms with Crippen molar-refractivity contribution >= 4 is 5.91 Å². The molecule has 0 unspecified atom stereocenters. The van der Waals surface area contributed by atoms with Gasteiger partial charge < -0.3 is 4.74 Å². The van der Waals surface area contributed by atoms with E-state index in [0.717, 1.165) is 23.5 Å². The number of carbonyl (C=O) groups is 1. The maximum absolute atomic E-state index is 13.9. The van der Waals surface area contributed by atoms with Gasteiger partial charge in [0.25, 0.3) is 5.91 Å². The standard InChI is InChI=1S/C14H15FN2O3/c1-9-6-17(20-7-9)14(18)13-12(15)4-11(5-16-13)19-8-10-2-3-10/h4-5,10H,1-3,6-8H2. The number of nitrogens with zero attached hydrogens (tertiary/aromatic N) is 2. The summed E-state index contributed by atoms with van der Waals surface area (Å²) < 4.78 is 19.3. The molecule has 0 atom stereocenters. The van der Waals surface area contributed by atoms with E-state index in [1.165, 1.54) is 12.3 Å². The van der Waals surface area contributed by atoms with Gasteiger partial charge in [-0.05, 0) is 24.3 Å². The summed E-state index contributed by atoms with van der Waals surface area (Å²) in [5.41, 5.74) is 0.501. The first-order chi connectivity index (χ1) is 9.63. The van der Waals surface area contributed by atoms with Gasteiger partial charge in [-0.15, -0.1) is 0 Å². The molecular weight excluding hydrogens is 263 g/mol. The second-order valence-corrected chi connectivity index (χ2v) is 5.12. The smallest absolute Gasteiger partial charge is 0.299 e. The lowest BCUT2D eigenvalue weighted by molar-refractivity contribution is -0.0770. The van der Waals surface area contributed by atoms with Crippen molar-refractivity contribution in [3.63, 3.8) is 0 Å². The maximum Gasteiger partial charge on any atom is 0.299 e. The molecule has 1 aromatic heterocycles. The van der Waals surface area contributed by atoms with Crippen molar-refractivity contribution in [1.29, 1.82) is 0 Å². The van der Waals surface area contributed by atoms with E-state index in [1.807, 2.05) is 0 Å². The van der Waals surface area contributed by atoms with Crippen LogP contribution < -0.4 is 4.74 Å². The summed E-state index contributed by atoms with van der Waals surface area (Å²) in [5.74, 6) is -0.389. The summed E-state index contributed by atoms with van der Waals surface area (Å²) in [5, 5.41) is 1.07. The fourth-order valence-electron chi connectivity index (χ4n) is 1.87. The molecule has 0 aromatic carbocycles. The predicted molar refractivity (Wildman–Crippen MR) is 68.5 cm³/mol. The van der Waals surface area contributed by atoms with Gasteiger partial charge in [0, 0.05) is 6.07 Å². The third kappa shape index (κ3) is 2.80. The first-order valence-corrected chi connectivity index (χ1v) is 6.53. The number of amides is 1. The van der Waals surface area contributed by atoms with Gasteiger partial charge >= 0.3 is 0 Å². The van der Waals surface area contributed by atoms with Gasteiger partial charge in [-0.1, -0.05) is 6.58 Å². The van der Waals surface area contributed by atoms with Crippen LogP contribution in [0.25, 0.3) is 0 Å². The number of hydrogen-bond donors (Lipinski definition) is 0. The van der Waals surface area contributed by atoms with Gasteiger partial charge in [0.1, 0.15) is 5.75 Å². The van der Waals surface area contributed by atoms with Crippen LogP contribution in [0.2, 0.25) is 0 Å². The normalized spacial score (nSPS) is 18.4. The Morgan fingerprint density at radius 2 is 2.40 bits per heavy atom. The number of pyridine rings is 1. The minimum atomic E-state index is -0.704. The molecule has 1 aliphatic heterocycles. The molecule has 0 N–H and O–H groups in total. The number of rotatable bonds is 4. The molecule has 1 saturated heterocycles. The lowest BCUT2D eigenvalue weighted by Crippen LogP contribution is -2.28. The summed E-state index contributed by atoms with van der Waals surface area (Å²) in [6, 6.07) is 1.19. The zero-order chi connectivity index (χ0) is 14.1. The Balaban J connectivity index is 1.69. The second kappa shape index (κ2) is 5.20. The number of carbonyl (C=O) groups excluding carboxylic acids is 1. The van der Waals surface area contributed by atoms with Crippen LogP contribution in [0.1, 0.15) is 23.3 Å². The molecule has 2 aliphatic rings. The fourth-order valence-corrected chi connectivity index (χ4v) is 1.87. The minimum Gasteiger partial charge on any atom is -0.492 e. The van der Waals surface area contributed by atoms with Crippen molar-refractivity contribution in [1.82, 2.24) is 10.0 Å². The zero-order valence-electron chi connectivity index (χ0n) is 11.0. The summed E-state index contributed by atoms with van der Waals surface area (Å²) >= 11 is 0. The van der Waals surface area contributed by atoms with Gasteiger partial charge in [-0.3, -0.25) is 9.63 Å². The monoisotopic (exact) mass is 278 g/mol. The van der Waals surface area contributed by atoms with Crippen LogP contribution in [0.5, 0.6) is 5.75 Å². The molecule has 5 nitrogen and oxygen atoms in total. The average Bonchev–Trinajstić information content (AvgIpc) is 3.16. The zero-order valence-corrected chi connectivity index (χ0v) is 11.0. The van der Waals surface area contributed by atoms with Crippen LogP contribution in [-0.4, -0.2) is 35.7 Å². The molecule has 6 heteroatoms. The number of aromatic nitrogens is 1. The van der Waals surface area contributed by atoms with E-state index >= 15 is 0 Å². The third-order valence-electron chi connectivity index (χ3n) is 3.22. The third-order valence-corrected chi connectivity index (χ3v) is 3.22. The highest BCUT2D eigenvalue weighted by atomic mass is 19.1. The van der Waals surface area contributed by atoms with Crippen molar-refractivity contribution in [3.8, 4) is 5.75 Å². The van der Waals surface area contributed by atoms with Crippen LogP contribution in [-0.2, 0) is 4.84 Å². The lowest BCUT2D eigenvalue weighted by atomic mass is 10.3. The average molecular weight is 278 g/mol. The van der Waals surface area contributed by atoms with E-state index in [1.54, 1.807) is 0 Å². The Bertz CT molecular complexity index is 557. The van der Waals surface area contributed by atoms with Gasteiger partial charge in [0.05, 0.1) is 26.0 Å². The fraction of sp³-hybridized carbons (Fsp3) is 0.429. The summed E-state index contributed by atoms with van der Waals surface area (Å²) in [4.78, 5) is 21.0. The molecule has 3 rings (SSSR count). The van der Waals surface area contributed by atoms with Crippen LogP contribution in [0.4, 0.5) is 4.39 Å². The first kappa shape index (κ1) is 13.1. The van der Waals surface area contributed by atoms with Crippen molar-refractivity contribution in [2.24, 2.45) is 5.92 Å². The van der Waals surface area contributed by atoms with E-state index in [9.17, 15) is 9.18 Å². The molecule has 1 aromatic rings. The largest absolute Gasteiger partial charge is 0.492 e. The molecule has 1 saturated carbocycles. The van der Waals surface area contributed by atoms with Crippen LogP contribution >= 0.6 is 0 Å². The maximum atomic E-state index is 13.9. The Labute approximate surface area is 116 Å². The van der Waals surface area contributed by atoms with Gasteiger partial charge in [-0.2, -0.15) is 0 Å². The van der Waals surface area contributed by atoms with Crippen molar-refractivity contribution in [2.75, 3.05) is 19.8 Å². The second-order valence-electron chi connectivity index (χ2n) is 5.12. The summed E-state index contributed by atoms with van der Waals surface area (Å²) in [7, 11) is 0. The van der Waals surface area contributed by atoms with Gasteiger partial charge in [0.15, 0.2) is 11.5 Å². The molecule has 0 spiro atoms. The van der Waals surface area contributed by atoms with Crippen molar-refractivity contribution in [3.05, 3.63) is 35.9 Å². The Morgan fingerprint density at radius 1 is 1.60 bits per heavy atom. The van der Waals surface area contributed by atoms with E-state index in [4.69, 9.17) is 9.57 Å². The molecule has 0 bridgehead atoms. The number of halogens is 1. The Hall–Kier alpha value is -1.95. The predicted octanol–water partition coefficient (Wildman–Crippen LogP) is 1.95. The van der Waals surface area contributed by atoms with Gasteiger partial charge in [0.2, 0.25) is 0 Å². The van der Waals surface area contributed by atoms with Gasteiger partial charge in [-0.25, -0.2) is 14.4 Å². The highest BCUT2D eigenvalue weighted by molar-refractivity contribution is 5.92. The molecule has 106 valence electrons. The van der Waals surface area contributed by atoms with Crippen molar-refractivity contribution in [2.45, 2.75) is 12.8 Å². The van der Waals surface area contributed by atoms with Crippen molar-refractivity contribution < 1.29 is 18.8 Å². The SMILES string of the molecule is C=C1CON(C(=O)c2ncc(OCC3CC3)cc2F)C1. The first-order valence-electron chi connectivity index (χ1n) is 6.53. The Morgan fingerprint density at radius 3 is 3.00 bits per heavy atom. The molecule has 2 heterocycles. The quantitative estimate of drug-likeness (QED) is 0.790. The van der Waals surface area contributed by atoms with E-state index < -0.39 is 11.7 Å². The minimum absolute atomic E-state index is 0.264. The summed E-state index contributed by atoms with van der Waals surface area (Å²) in [6.45, 7) is 4.82. The van der Waals surface area contributed by atoms with Crippen LogP contribution in [0.3, 0.4) is 0 Å². The van der Waals surface area contributed by atoms with Crippen LogP contribution in [0, 0.1) is 11.7 Å². The molecular formula is C14H15FN2O3. The van der Waals surface area contributed by atoms with E-state index in [0.29, 0.717) is 18.3 Å². The molecule has 2 fully saturated rings. The van der Waals surface area contributed by atoms with E-state index in [2.05, 4.69) is 11.6 Å². The van der Waals surface area contributed by atoms with Crippen LogP contribution in [0.15, 0.2) is 24.4 Å². The topological polar surface area (TPSA) is 51.7 Å². The number of hydrogen-bond acceptors (Lipinski definition) is 4. The number of ether oxygens (including phenoxy) is 1. The number of hydroxylamine groups is 2.